The first-order valence-corrected chi connectivity index (χ1v) is 12.2. The molecule has 0 saturated carbocycles. The number of likely N-dealkylation sites (N-methyl/N-ethyl adjacent to an activating group) is 1. The maximum Gasteiger partial charge on any atom is 0.143 e. The number of hydrogen-bond donors (Lipinski definition) is 1. The monoisotopic (exact) mass is 471 g/mol. The summed E-state index contributed by atoms with van der Waals surface area (Å²) in [6.45, 7) is 3.02. The summed E-state index contributed by atoms with van der Waals surface area (Å²) in [5.74, 6) is 0.988. The van der Waals surface area contributed by atoms with Gasteiger partial charge in [0.1, 0.15) is 23.0 Å². The van der Waals surface area contributed by atoms with Gasteiger partial charge in [-0.25, -0.2) is 4.39 Å². The number of hydrogen-bond acceptors (Lipinski definition) is 6. The second-order valence-corrected chi connectivity index (χ2v) is 9.67. The average Bonchev–Trinajstić information content (AvgIpc) is 3.57. The highest BCUT2D eigenvalue weighted by Crippen LogP contribution is 2.42. The van der Waals surface area contributed by atoms with Gasteiger partial charge in [0, 0.05) is 42.5 Å². The molecule has 2 unspecified atom stereocenters. The molecular formula is C27H26FN5O2. The second-order valence-electron chi connectivity index (χ2n) is 9.67. The predicted molar refractivity (Wildman–Crippen MR) is 132 cm³/mol. The lowest BCUT2D eigenvalue weighted by Crippen LogP contribution is -2.44. The number of benzene rings is 2. The van der Waals surface area contributed by atoms with Crippen molar-refractivity contribution >= 4 is 16.6 Å². The lowest BCUT2D eigenvalue weighted by molar-refractivity contribution is 0.246. The average molecular weight is 472 g/mol. The van der Waals surface area contributed by atoms with Crippen LogP contribution in [0.25, 0.3) is 33.4 Å². The van der Waals surface area contributed by atoms with E-state index in [0.29, 0.717) is 48.7 Å². The van der Waals surface area contributed by atoms with Crippen LogP contribution in [-0.4, -0.2) is 65.5 Å². The summed E-state index contributed by atoms with van der Waals surface area (Å²) in [4.78, 5) is 9.46. The highest BCUT2D eigenvalue weighted by molar-refractivity contribution is 5.95. The highest BCUT2D eigenvalue weighted by atomic mass is 19.1. The molecule has 0 amide bonds. The van der Waals surface area contributed by atoms with Crippen LogP contribution in [0.4, 0.5) is 10.1 Å². The SMILES string of the molecule is CN1CC2CC1CN2c1ccc2cc1OCCCOc1cccc(F)c1-c1cc3c-2n[nH]c3cn1. The van der Waals surface area contributed by atoms with Crippen LogP contribution in [-0.2, 0) is 0 Å². The molecular weight excluding hydrogens is 445 g/mol. The molecule has 2 aromatic heterocycles. The van der Waals surface area contributed by atoms with E-state index >= 15 is 0 Å². The fourth-order valence-electron chi connectivity index (χ4n) is 5.75. The molecule has 0 radical (unpaired) electrons. The summed E-state index contributed by atoms with van der Waals surface area (Å²) < 4.78 is 27.3. The summed E-state index contributed by atoms with van der Waals surface area (Å²) in [6.07, 6.45) is 3.57. The number of rotatable bonds is 1. The Morgan fingerprint density at radius 2 is 1.91 bits per heavy atom. The number of halogens is 1. The van der Waals surface area contributed by atoms with Gasteiger partial charge in [-0.2, -0.15) is 5.10 Å². The largest absolute Gasteiger partial charge is 0.493 e. The van der Waals surface area contributed by atoms with Gasteiger partial charge in [0.25, 0.3) is 0 Å². The van der Waals surface area contributed by atoms with Gasteiger partial charge in [-0.3, -0.25) is 15.0 Å². The minimum Gasteiger partial charge on any atom is -0.493 e. The van der Waals surface area contributed by atoms with Gasteiger partial charge in [0.15, 0.2) is 0 Å². The number of fused-ring (bicyclic) bond motifs is 8. The van der Waals surface area contributed by atoms with E-state index in [0.717, 1.165) is 46.7 Å². The van der Waals surface area contributed by atoms with Crippen LogP contribution in [0.5, 0.6) is 11.5 Å². The van der Waals surface area contributed by atoms with E-state index in [1.165, 1.54) is 12.5 Å². The number of likely N-dealkylation sites (tertiary alicyclic amines) is 1. The van der Waals surface area contributed by atoms with Crippen LogP contribution in [0.3, 0.4) is 0 Å². The Balaban J connectivity index is 1.36. The molecule has 2 aromatic carbocycles. The van der Waals surface area contributed by atoms with Gasteiger partial charge in [-0.1, -0.05) is 12.1 Å². The molecule has 8 heteroatoms. The molecule has 4 aromatic rings. The molecule has 2 atom stereocenters. The van der Waals surface area contributed by atoms with Crippen molar-refractivity contribution in [1.29, 1.82) is 0 Å². The number of pyridine rings is 1. The van der Waals surface area contributed by atoms with Gasteiger partial charge in [-0.05, 0) is 43.8 Å². The number of nitrogens with zero attached hydrogens (tertiary/aromatic N) is 4. The third kappa shape index (κ3) is 3.35. The minimum absolute atomic E-state index is 0.361. The zero-order valence-electron chi connectivity index (χ0n) is 19.5. The zero-order valence-corrected chi connectivity index (χ0v) is 19.5. The highest BCUT2D eigenvalue weighted by Gasteiger charge is 2.42. The topological polar surface area (TPSA) is 66.5 Å². The van der Waals surface area contributed by atoms with Crippen LogP contribution in [0.1, 0.15) is 12.8 Å². The predicted octanol–water partition coefficient (Wildman–Crippen LogP) is 4.49. The lowest BCUT2D eigenvalue weighted by atomic mass is 10.0. The van der Waals surface area contributed by atoms with Crippen molar-refractivity contribution in [2.24, 2.45) is 0 Å². The second kappa shape index (κ2) is 7.95. The van der Waals surface area contributed by atoms with E-state index in [1.54, 1.807) is 18.3 Å². The third-order valence-corrected chi connectivity index (χ3v) is 7.54. The Bertz CT molecular complexity index is 1430. The van der Waals surface area contributed by atoms with Crippen LogP contribution in [0.2, 0.25) is 0 Å². The quantitative estimate of drug-likeness (QED) is 0.442. The van der Waals surface area contributed by atoms with E-state index in [2.05, 4.69) is 50.2 Å². The normalized spacial score (nSPS) is 21.6. The summed E-state index contributed by atoms with van der Waals surface area (Å²) in [5, 5.41) is 8.54. The number of aromatic amines is 1. The Kier molecular flexibility index (Phi) is 4.70. The molecule has 7 nitrogen and oxygen atoms in total. The Hall–Kier alpha value is -3.65. The number of H-pyrrole nitrogens is 1. The lowest BCUT2D eigenvalue weighted by Gasteiger charge is -2.34. The van der Waals surface area contributed by atoms with Crippen molar-refractivity contribution in [1.82, 2.24) is 20.1 Å². The first kappa shape index (κ1) is 20.7. The molecule has 178 valence electrons. The Morgan fingerprint density at radius 3 is 2.74 bits per heavy atom. The number of piperazine rings is 1. The molecule has 0 aliphatic carbocycles. The molecule has 3 aliphatic rings. The third-order valence-electron chi connectivity index (χ3n) is 7.54. The summed E-state index contributed by atoms with van der Waals surface area (Å²) >= 11 is 0. The summed E-state index contributed by atoms with van der Waals surface area (Å²) in [7, 11) is 2.21. The number of nitrogens with one attached hydrogen (secondary N) is 1. The minimum atomic E-state index is -0.361. The molecule has 3 aliphatic heterocycles. The van der Waals surface area contributed by atoms with E-state index in [-0.39, 0.29) is 5.82 Å². The van der Waals surface area contributed by atoms with E-state index in [1.807, 2.05) is 6.07 Å². The van der Waals surface area contributed by atoms with Crippen molar-refractivity contribution in [3.05, 3.63) is 54.5 Å². The molecule has 35 heavy (non-hydrogen) atoms. The standard InChI is InChI=1S/C27H26FN5O2/c1-32-14-18-11-17(32)15-33(18)23-7-6-16-10-25(23)35-9-3-8-34-24-5-2-4-20(28)26(24)21-12-19-22(13-29-21)30-31-27(16)19/h2,4-7,10,12-13,17-18H,3,8-9,11,14-15H2,1H3,(H,30,31). The van der Waals surface area contributed by atoms with Gasteiger partial charge < -0.3 is 14.4 Å². The van der Waals surface area contributed by atoms with E-state index < -0.39 is 0 Å². The van der Waals surface area contributed by atoms with Gasteiger partial charge in [0.05, 0.1) is 41.9 Å². The summed E-state index contributed by atoms with van der Waals surface area (Å²) in [6, 6.07) is 14.2. The van der Waals surface area contributed by atoms with Crippen molar-refractivity contribution in [3.63, 3.8) is 0 Å². The van der Waals surface area contributed by atoms with Gasteiger partial charge >= 0.3 is 0 Å². The van der Waals surface area contributed by atoms with Crippen molar-refractivity contribution in [2.45, 2.75) is 24.9 Å². The first-order chi connectivity index (χ1) is 17.2. The number of aromatic nitrogens is 3. The van der Waals surface area contributed by atoms with Gasteiger partial charge in [-0.15, -0.1) is 0 Å². The van der Waals surface area contributed by atoms with Crippen molar-refractivity contribution in [2.75, 3.05) is 38.3 Å². The van der Waals surface area contributed by atoms with E-state index in [4.69, 9.17) is 9.47 Å². The number of anilines is 1. The molecule has 2 fully saturated rings. The first-order valence-electron chi connectivity index (χ1n) is 12.2. The van der Waals surface area contributed by atoms with Crippen LogP contribution in [0.15, 0.2) is 48.7 Å². The van der Waals surface area contributed by atoms with Crippen LogP contribution in [0, 0.1) is 5.82 Å². The zero-order chi connectivity index (χ0) is 23.5. The molecule has 0 spiro atoms. The molecule has 2 saturated heterocycles. The molecule has 7 rings (SSSR count). The van der Waals surface area contributed by atoms with Crippen LogP contribution < -0.4 is 14.4 Å². The molecule has 1 N–H and O–H groups in total. The van der Waals surface area contributed by atoms with E-state index in [9.17, 15) is 4.39 Å². The molecule has 6 bridgehead atoms. The Labute approximate surface area is 202 Å². The number of ether oxygens (including phenoxy) is 2. The fourth-order valence-corrected chi connectivity index (χ4v) is 5.75. The smallest absolute Gasteiger partial charge is 0.143 e. The van der Waals surface area contributed by atoms with Gasteiger partial charge in [0.2, 0.25) is 0 Å². The Morgan fingerprint density at radius 1 is 1.03 bits per heavy atom. The maximum absolute atomic E-state index is 14.9. The summed E-state index contributed by atoms with van der Waals surface area (Å²) in [5.41, 5.74) is 4.56. The fraction of sp³-hybridized carbons (Fsp3) is 0.333. The van der Waals surface area contributed by atoms with Crippen molar-refractivity contribution in [3.8, 4) is 34.0 Å². The maximum atomic E-state index is 14.9. The van der Waals surface area contributed by atoms with Crippen molar-refractivity contribution < 1.29 is 13.9 Å². The van der Waals surface area contributed by atoms with Crippen LogP contribution >= 0.6 is 0 Å². The molecule has 5 heterocycles.